The molecule has 0 aliphatic carbocycles. The van der Waals surface area contributed by atoms with Crippen LogP contribution in [0.15, 0.2) is 91.0 Å². The fraction of sp³-hybridized carbons (Fsp3) is 0.208. The molecule has 1 atom stereocenters. The number of carbonyl (C=O) groups is 1. The summed E-state index contributed by atoms with van der Waals surface area (Å²) in [6.07, 6.45) is 0. The SMILES string of the molecule is COC(=O)[C@@](C)(N)CSC(c1ccccc1)(c1ccccc1)c1ccccc1. The van der Waals surface area contributed by atoms with Crippen molar-refractivity contribution >= 4 is 17.7 Å². The molecule has 3 rings (SSSR count). The molecule has 4 heteroatoms. The van der Waals surface area contributed by atoms with Crippen LogP contribution in [-0.4, -0.2) is 24.4 Å². The molecule has 0 aliphatic heterocycles. The summed E-state index contributed by atoms with van der Waals surface area (Å²) in [7, 11) is 1.37. The van der Waals surface area contributed by atoms with E-state index < -0.39 is 16.3 Å². The maximum absolute atomic E-state index is 12.2. The highest BCUT2D eigenvalue weighted by Gasteiger charge is 2.40. The lowest BCUT2D eigenvalue weighted by molar-refractivity contribution is -0.145. The van der Waals surface area contributed by atoms with Crippen LogP contribution in [0.25, 0.3) is 0 Å². The molecule has 0 saturated heterocycles. The van der Waals surface area contributed by atoms with Crippen LogP contribution in [0.3, 0.4) is 0 Å². The summed E-state index contributed by atoms with van der Waals surface area (Å²) in [6, 6.07) is 31.0. The Hall–Kier alpha value is -2.56. The smallest absolute Gasteiger partial charge is 0.326 e. The van der Waals surface area contributed by atoms with E-state index in [4.69, 9.17) is 10.5 Å². The topological polar surface area (TPSA) is 52.3 Å². The lowest BCUT2D eigenvalue weighted by Crippen LogP contribution is -2.49. The lowest BCUT2D eigenvalue weighted by atomic mass is 9.84. The Morgan fingerprint density at radius 1 is 0.821 bits per heavy atom. The Morgan fingerprint density at radius 3 is 1.50 bits per heavy atom. The lowest BCUT2D eigenvalue weighted by Gasteiger charge is -2.37. The van der Waals surface area contributed by atoms with Gasteiger partial charge >= 0.3 is 5.97 Å². The molecule has 0 saturated carbocycles. The zero-order valence-electron chi connectivity index (χ0n) is 16.2. The summed E-state index contributed by atoms with van der Waals surface area (Å²) in [4.78, 5) is 12.2. The molecule has 0 aromatic heterocycles. The van der Waals surface area contributed by atoms with Gasteiger partial charge in [-0.1, -0.05) is 91.0 Å². The molecule has 0 heterocycles. The van der Waals surface area contributed by atoms with Crippen LogP contribution in [-0.2, 0) is 14.3 Å². The first-order valence-corrected chi connectivity index (χ1v) is 10.2. The molecule has 0 spiro atoms. The summed E-state index contributed by atoms with van der Waals surface area (Å²) in [5, 5.41) is 0. The van der Waals surface area contributed by atoms with Crippen molar-refractivity contribution in [1.29, 1.82) is 0 Å². The number of rotatable bonds is 7. The molecular weight excluding hydrogens is 366 g/mol. The van der Waals surface area contributed by atoms with E-state index in [2.05, 4.69) is 36.4 Å². The highest BCUT2D eigenvalue weighted by atomic mass is 32.2. The van der Waals surface area contributed by atoms with Crippen LogP contribution in [0.5, 0.6) is 0 Å². The van der Waals surface area contributed by atoms with Gasteiger partial charge in [0, 0.05) is 5.75 Å². The Balaban J connectivity index is 2.18. The summed E-state index contributed by atoms with van der Waals surface area (Å²) in [5.74, 6) is -0.0127. The molecular formula is C24H25NO2S. The van der Waals surface area contributed by atoms with Gasteiger partial charge < -0.3 is 10.5 Å². The van der Waals surface area contributed by atoms with E-state index in [1.165, 1.54) is 7.11 Å². The van der Waals surface area contributed by atoms with Crippen LogP contribution in [0.2, 0.25) is 0 Å². The molecule has 0 amide bonds. The number of esters is 1. The number of methoxy groups -OCH3 is 1. The van der Waals surface area contributed by atoms with Gasteiger partial charge in [-0.05, 0) is 23.6 Å². The van der Waals surface area contributed by atoms with Gasteiger partial charge in [-0.2, -0.15) is 0 Å². The largest absolute Gasteiger partial charge is 0.468 e. The van der Waals surface area contributed by atoms with Crippen molar-refractivity contribution < 1.29 is 9.53 Å². The van der Waals surface area contributed by atoms with Crippen LogP contribution >= 0.6 is 11.8 Å². The minimum atomic E-state index is -1.09. The van der Waals surface area contributed by atoms with E-state index >= 15 is 0 Å². The van der Waals surface area contributed by atoms with Crippen molar-refractivity contribution in [3.8, 4) is 0 Å². The minimum absolute atomic E-state index is 0.401. The van der Waals surface area contributed by atoms with Gasteiger partial charge in [0.25, 0.3) is 0 Å². The van der Waals surface area contributed by atoms with Gasteiger partial charge in [-0.25, -0.2) is 0 Å². The third kappa shape index (κ3) is 3.98. The van der Waals surface area contributed by atoms with E-state index in [0.717, 1.165) is 16.7 Å². The van der Waals surface area contributed by atoms with Crippen LogP contribution < -0.4 is 5.73 Å². The maximum atomic E-state index is 12.2. The molecule has 0 unspecified atom stereocenters. The molecule has 0 fully saturated rings. The number of nitrogens with two attached hydrogens (primary N) is 1. The van der Waals surface area contributed by atoms with Gasteiger partial charge in [-0.15, -0.1) is 11.8 Å². The number of thioether (sulfide) groups is 1. The highest BCUT2D eigenvalue weighted by Crippen LogP contribution is 2.49. The van der Waals surface area contributed by atoms with E-state index in [1.807, 2.05) is 54.6 Å². The standard InChI is InChI=1S/C24H25NO2S/c1-23(25,22(26)27-2)18-28-24(19-12-6-3-7-13-19,20-14-8-4-9-15-20)21-16-10-5-11-17-21/h3-17H,18,25H2,1-2H3/t23-/m0/s1. The number of ether oxygens (including phenoxy) is 1. The fourth-order valence-corrected chi connectivity index (χ4v) is 4.86. The first-order chi connectivity index (χ1) is 13.5. The molecule has 2 N–H and O–H groups in total. The van der Waals surface area contributed by atoms with E-state index in [0.29, 0.717) is 5.75 Å². The number of hydrogen-bond acceptors (Lipinski definition) is 4. The second-order valence-electron chi connectivity index (χ2n) is 6.98. The molecule has 3 nitrogen and oxygen atoms in total. The zero-order chi connectivity index (χ0) is 20.0. The van der Waals surface area contributed by atoms with E-state index in [9.17, 15) is 4.79 Å². The number of carbonyl (C=O) groups excluding carboxylic acids is 1. The van der Waals surface area contributed by atoms with E-state index in [1.54, 1.807) is 18.7 Å². The average Bonchev–Trinajstić information content (AvgIpc) is 2.76. The normalized spacial score (nSPS) is 13.5. The van der Waals surface area contributed by atoms with Gasteiger partial charge in [-0.3, -0.25) is 4.79 Å². The minimum Gasteiger partial charge on any atom is -0.468 e. The second-order valence-corrected chi connectivity index (χ2v) is 8.17. The Labute approximate surface area is 170 Å². The summed E-state index contributed by atoms with van der Waals surface area (Å²) in [6.45, 7) is 1.72. The van der Waals surface area contributed by atoms with Gasteiger partial charge in [0.2, 0.25) is 0 Å². The zero-order valence-corrected chi connectivity index (χ0v) is 17.0. The summed E-state index contributed by atoms with van der Waals surface area (Å²) >= 11 is 1.65. The average molecular weight is 392 g/mol. The fourth-order valence-electron chi connectivity index (χ4n) is 3.32. The highest BCUT2D eigenvalue weighted by molar-refractivity contribution is 8.00. The molecule has 0 bridgehead atoms. The number of benzene rings is 3. The van der Waals surface area contributed by atoms with Crippen molar-refractivity contribution in [2.45, 2.75) is 17.2 Å². The Bertz CT molecular complexity index is 799. The van der Waals surface area contributed by atoms with Crippen LogP contribution in [0, 0.1) is 0 Å². The first kappa shape index (κ1) is 20.2. The second kappa shape index (κ2) is 8.63. The third-order valence-corrected chi connectivity index (χ3v) is 6.67. The maximum Gasteiger partial charge on any atom is 0.326 e. The van der Waals surface area contributed by atoms with Crippen LogP contribution in [0.1, 0.15) is 23.6 Å². The van der Waals surface area contributed by atoms with Crippen molar-refractivity contribution in [2.24, 2.45) is 5.73 Å². The summed E-state index contributed by atoms with van der Waals surface area (Å²) in [5.41, 5.74) is 8.63. The molecule has 28 heavy (non-hydrogen) atoms. The van der Waals surface area contributed by atoms with E-state index in [-0.39, 0.29) is 0 Å². The predicted octanol–water partition coefficient (Wildman–Crippen LogP) is 4.60. The molecule has 144 valence electrons. The predicted molar refractivity (Wildman–Crippen MR) is 116 cm³/mol. The Kier molecular flexibility index (Phi) is 6.22. The van der Waals surface area contributed by atoms with Gasteiger partial charge in [0.1, 0.15) is 5.54 Å². The van der Waals surface area contributed by atoms with Crippen molar-refractivity contribution in [3.05, 3.63) is 108 Å². The molecule has 3 aromatic rings. The monoisotopic (exact) mass is 391 g/mol. The van der Waals surface area contributed by atoms with Crippen molar-refractivity contribution in [3.63, 3.8) is 0 Å². The van der Waals surface area contributed by atoms with Gasteiger partial charge in [0.15, 0.2) is 0 Å². The molecule has 3 aromatic carbocycles. The first-order valence-electron chi connectivity index (χ1n) is 9.18. The van der Waals surface area contributed by atoms with Crippen molar-refractivity contribution in [1.82, 2.24) is 0 Å². The quantitative estimate of drug-likeness (QED) is 0.472. The Morgan fingerprint density at radius 2 is 1.18 bits per heavy atom. The third-order valence-electron chi connectivity index (χ3n) is 4.78. The van der Waals surface area contributed by atoms with Crippen LogP contribution in [0.4, 0.5) is 0 Å². The molecule has 0 radical (unpaired) electrons. The molecule has 0 aliphatic rings. The summed E-state index contributed by atoms with van der Waals surface area (Å²) < 4.78 is 4.42. The van der Waals surface area contributed by atoms with Crippen molar-refractivity contribution in [2.75, 3.05) is 12.9 Å². The van der Waals surface area contributed by atoms with Gasteiger partial charge in [0.05, 0.1) is 11.9 Å². The number of hydrogen-bond donors (Lipinski definition) is 1.